The molecular weight excluding hydrogens is 249 g/mol. The van der Waals surface area contributed by atoms with Gasteiger partial charge in [0.15, 0.2) is 6.61 Å². The van der Waals surface area contributed by atoms with Crippen molar-refractivity contribution in [1.29, 1.82) is 0 Å². The second-order valence-corrected chi connectivity index (χ2v) is 4.00. The van der Waals surface area contributed by atoms with E-state index in [0.29, 0.717) is 0 Å². The van der Waals surface area contributed by atoms with Gasteiger partial charge in [-0.05, 0) is 12.8 Å². The summed E-state index contributed by atoms with van der Waals surface area (Å²) in [7, 11) is 0. The van der Waals surface area contributed by atoms with Crippen molar-refractivity contribution < 1.29 is 31.6 Å². The second-order valence-electron chi connectivity index (χ2n) is 4.00. The van der Waals surface area contributed by atoms with Crippen LogP contribution in [0.5, 0.6) is 0 Å². The summed E-state index contributed by atoms with van der Waals surface area (Å²) < 4.78 is 60.5. The molecule has 0 bridgehead atoms. The minimum Gasteiger partial charge on any atom is -0.273 e. The molecular formula is C9H12F5NO2. The molecule has 0 aromatic carbocycles. The van der Waals surface area contributed by atoms with Crippen LogP contribution in [0.15, 0.2) is 0 Å². The molecule has 1 aliphatic carbocycles. The molecule has 0 saturated heterocycles. The normalized spacial score (nSPS) is 21.2. The molecule has 0 heterocycles. The van der Waals surface area contributed by atoms with Gasteiger partial charge in [0, 0.05) is 18.8 Å². The Kier molecular flexibility index (Phi) is 4.29. The van der Waals surface area contributed by atoms with Gasteiger partial charge in [-0.25, -0.2) is 14.3 Å². The van der Waals surface area contributed by atoms with Crippen molar-refractivity contribution in [2.75, 3.05) is 6.61 Å². The summed E-state index contributed by atoms with van der Waals surface area (Å²) >= 11 is 0. The molecule has 1 amide bonds. The Morgan fingerprint density at radius 3 is 2.29 bits per heavy atom. The predicted molar refractivity (Wildman–Crippen MR) is 47.1 cm³/mol. The van der Waals surface area contributed by atoms with Gasteiger partial charge < -0.3 is 0 Å². The molecule has 1 fully saturated rings. The lowest BCUT2D eigenvalue weighted by atomic mass is 9.86. The van der Waals surface area contributed by atoms with E-state index >= 15 is 0 Å². The summed E-state index contributed by atoms with van der Waals surface area (Å²) in [5, 5.41) is 0. The first-order valence-electron chi connectivity index (χ1n) is 5.06. The van der Waals surface area contributed by atoms with Gasteiger partial charge in [0.25, 0.3) is 0 Å². The summed E-state index contributed by atoms with van der Waals surface area (Å²) in [6, 6.07) is 0. The van der Waals surface area contributed by atoms with Gasteiger partial charge in [-0.15, -0.1) is 0 Å². The standard InChI is InChI=1S/C9H12F5NO2/c10-8(11)3-1-6(2-4-8)7(16)15-17-5-9(12,13)14/h6H,1-5H2,(H,15,16). The van der Waals surface area contributed by atoms with Crippen LogP contribution in [-0.4, -0.2) is 24.6 Å². The van der Waals surface area contributed by atoms with Crippen molar-refractivity contribution in [3.8, 4) is 0 Å². The number of carbonyl (C=O) groups excluding carboxylic acids is 1. The van der Waals surface area contributed by atoms with E-state index in [1.165, 1.54) is 0 Å². The first-order chi connectivity index (χ1) is 7.70. The van der Waals surface area contributed by atoms with E-state index in [1.54, 1.807) is 5.48 Å². The topological polar surface area (TPSA) is 38.3 Å². The molecule has 0 aromatic rings. The molecule has 8 heteroatoms. The Bertz CT molecular complexity index is 269. The van der Waals surface area contributed by atoms with Crippen molar-refractivity contribution in [3.63, 3.8) is 0 Å². The highest BCUT2D eigenvalue weighted by Gasteiger charge is 2.37. The third-order valence-electron chi connectivity index (χ3n) is 2.50. The van der Waals surface area contributed by atoms with Crippen LogP contribution >= 0.6 is 0 Å². The first kappa shape index (κ1) is 14.1. The van der Waals surface area contributed by atoms with Crippen LogP contribution in [0.1, 0.15) is 25.7 Å². The lowest BCUT2D eigenvalue weighted by Gasteiger charge is -2.27. The molecule has 17 heavy (non-hydrogen) atoms. The van der Waals surface area contributed by atoms with Gasteiger partial charge in [0.2, 0.25) is 11.8 Å². The van der Waals surface area contributed by atoms with Crippen LogP contribution in [-0.2, 0) is 9.63 Å². The molecule has 1 rings (SSSR count). The Balaban J connectivity index is 2.25. The maximum Gasteiger partial charge on any atom is 0.414 e. The van der Waals surface area contributed by atoms with Gasteiger partial charge in [0.1, 0.15) is 0 Å². The van der Waals surface area contributed by atoms with Gasteiger partial charge in [-0.2, -0.15) is 13.2 Å². The highest BCUT2D eigenvalue weighted by atomic mass is 19.4. The largest absolute Gasteiger partial charge is 0.414 e. The average molecular weight is 261 g/mol. The fraction of sp³-hybridized carbons (Fsp3) is 0.889. The highest BCUT2D eigenvalue weighted by molar-refractivity contribution is 5.77. The zero-order valence-corrected chi connectivity index (χ0v) is 8.82. The fourth-order valence-corrected chi connectivity index (χ4v) is 1.57. The molecule has 0 aliphatic heterocycles. The van der Waals surface area contributed by atoms with Gasteiger partial charge in [-0.3, -0.25) is 9.63 Å². The van der Waals surface area contributed by atoms with Crippen LogP contribution < -0.4 is 5.48 Å². The minimum absolute atomic E-state index is 0.0474. The monoisotopic (exact) mass is 261 g/mol. The maximum atomic E-state index is 12.7. The van der Waals surface area contributed by atoms with Crippen LogP contribution in [0.4, 0.5) is 22.0 Å². The molecule has 100 valence electrons. The van der Waals surface area contributed by atoms with Crippen molar-refractivity contribution in [1.82, 2.24) is 5.48 Å². The van der Waals surface area contributed by atoms with E-state index in [1.807, 2.05) is 0 Å². The molecule has 0 spiro atoms. The molecule has 1 aliphatic rings. The highest BCUT2D eigenvalue weighted by Crippen LogP contribution is 2.36. The van der Waals surface area contributed by atoms with Gasteiger partial charge in [0.05, 0.1) is 0 Å². The number of halogens is 5. The van der Waals surface area contributed by atoms with Gasteiger partial charge >= 0.3 is 6.18 Å². The summed E-state index contributed by atoms with van der Waals surface area (Å²) in [6.07, 6.45) is -5.48. The molecule has 1 saturated carbocycles. The summed E-state index contributed by atoms with van der Waals surface area (Å²) in [4.78, 5) is 15.2. The fourth-order valence-electron chi connectivity index (χ4n) is 1.57. The van der Waals surface area contributed by atoms with E-state index < -0.39 is 43.4 Å². The lowest BCUT2D eigenvalue weighted by Crippen LogP contribution is -2.37. The predicted octanol–water partition coefficient (Wildman–Crippen LogP) is 2.42. The average Bonchev–Trinajstić information content (AvgIpc) is 2.15. The SMILES string of the molecule is O=C(NOCC(F)(F)F)C1CCC(F)(F)CC1. The van der Waals surface area contributed by atoms with Crippen LogP contribution in [0.3, 0.4) is 0 Å². The number of carbonyl (C=O) groups is 1. The zero-order valence-electron chi connectivity index (χ0n) is 8.82. The Morgan fingerprint density at radius 2 is 1.82 bits per heavy atom. The van der Waals surface area contributed by atoms with Crippen LogP contribution in [0, 0.1) is 5.92 Å². The molecule has 0 aromatic heterocycles. The number of hydrogen-bond donors (Lipinski definition) is 1. The lowest BCUT2D eigenvalue weighted by molar-refractivity contribution is -0.193. The van der Waals surface area contributed by atoms with Crippen LogP contribution in [0.2, 0.25) is 0 Å². The number of rotatable bonds is 3. The number of alkyl halides is 5. The van der Waals surface area contributed by atoms with E-state index in [2.05, 4.69) is 4.84 Å². The Morgan fingerprint density at radius 1 is 1.29 bits per heavy atom. The third-order valence-corrected chi connectivity index (χ3v) is 2.50. The first-order valence-corrected chi connectivity index (χ1v) is 5.06. The minimum atomic E-state index is -4.53. The number of hydroxylamine groups is 1. The maximum absolute atomic E-state index is 12.7. The third kappa shape index (κ3) is 5.29. The zero-order chi connectivity index (χ0) is 13.1. The quantitative estimate of drug-likeness (QED) is 0.626. The molecule has 0 atom stereocenters. The van der Waals surface area contributed by atoms with E-state index in [0.717, 1.165) is 0 Å². The second kappa shape index (κ2) is 5.16. The van der Waals surface area contributed by atoms with E-state index in [4.69, 9.17) is 0 Å². The molecule has 0 radical (unpaired) electrons. The van der Waals surface area contributed by atoms with E-state index in [9.17, 15) is 26.7 Å². The smallest absolute Gasteiger partial charge is 0.273 e. The summed E-state index contributed by atoms with van der Waals surface area (Å²) in [6.45, 7) is -1.60. The Labute approximate surface area is 94.3 Å². The molecule has 1 N–H and O–H groups in total. The van der Waals surface area contributed by atoms with Gasteiger partial charge in [-0.1, -0.05) is 0 Å². The van der Waals surface area contributed by atoms with Crippen molar-refractivity contribution in [2.45, 2.75) is 37.8 Å². The summed E-state index contributed by atoms with van der Waals surface area (Å²) in [5.41, 5.74) is 1.63. The van der Waals surface area contributed by atoms with Crippen LogP contribution in [0.25, 0.3) is 0 Å². The van der Waals surface area contributed by atoms with E-state index in [-0.39, 0.29) is 12.8 Å². The Hall–Kier alpha value is -0.920. The van der Waals surface area contributed by atoms with Crippen molar-refractivity contribution in [2.24, 2.45) is 5.92 Å². The number of nitrogens with one attached hydrogen (secondary N) is 1. The molecule has 3 nitrogen and oxygen atoms in total. The molecule has 0 unspecified atom stereocenters. The van der Waals surface area contributed by atoms with Crippen molar-refractivity contribution >= 4 is 5.91 Å². The number of amides is 1. The van der Waals surface area contributed by atoms with Crippen molar-refractivity contribution in [3.05, 3.63) is 0 Å². The number of hydrogen-bond acceptors (Lipinski definition) is 2. The summed E-state index contributed by atoms with van der Waals surface area (Å²) in [5.74, 6) is -4.25.